The molecule has 1 aromatic carbocycles. The first-order valence-corrected chi connectivity index (χ1v) is 7.22. The van der Waals surface area contributed by atoms with E-state index in [9.17, 15) is 4.79 Å². The van der Waals surface area contributed by atoms with E-state index in [1.165, 1.54) is 0 Å². The summed E-state index contributed by atoms with van der Waals surface area (Å²) < 4.78 is 5.14. The molecule has 0 atom stereocenters. The highest BCUT2D eigenvalue weighted by Crippen LogP contribution is 2.08. The van der Waals surface area contributed by atoms with Crippen LogP contribution < -0.4 is 11.1 Å². The highest BCUT2D eigenvalue weighted by molar-refractivity contribution is 7.80. The van der Waals surface area contributed by atoms with E-state index in [0.29, 0.717) is 11.5 Å². The van der Waals surface area contributed by atoms with Crippen LogP contribution in [0, 0.1) is 0 Å². The van der Waals surface area contributed by atoms with Crippen molar-refractivity contribution in [3.63, 3.8) is 0 Å². The van der Waals surface area contributed by atoms with E-state index in [-0.39, 0.29) is 0 Å². The summed E-state index contributed by atoms with van der Waals surface area (Å²) in [5.74, 6) is 0. The molecule has 1 aromatic rings. The standard InChI is InChI=1S/C16H22N2O2S/c1-16(2,3)20-15(19)18-10-5-4-7-12-8-6-9-13(11-12)14(17)21/h4,6-9,11H,5,10H2,1-3H3,(H2,17,21)(H,18,19). The van der Waals surface area contributed by atoms with E-state index >= 15 is 0 Å². The molecular weight excluding hydrogens is 284 g/mol. The van der Waals surface area contributed by atoms with Crippen molar-refractivity contribution in [1.82, 2.24) is 5.32 Å². The summed E-state index contributed by atoms with van der Waals surface area (Å²) in [6.07, 6.45) is 4.27. The van der Waals surface area contributed by atoms with Crippen LogP contribution in [0.1, 0.15) is 38.3 Å². The fourth-order valence-electron chi connectivity index (χ4n) is 1.59. The second-order valence-electron chi connectivity index (χ2n) is 5.61. The molecule has 0 radical (unpaired) electrons. The highest BCUT2D eigenvalue weighted by Gasteiger charge is 2.15. The Bertz CT molecular complexity index is 533. The number of ether oxygens (including phenoxy) is 1. The third-order valence-electron chi connectivity index (χ3n) is 2.46. The van der Waals surface area contributed by atoms with Gasteiger partial charge in [0.25, 0.3) is 0 Å². The number of alkyl carbamates (subject to hydrolysis) is 1. The molecule has 0 fully saturated rings. The normalized spacial score (nSPS) is 11.4. The van der Waals surface area contributed by atoms with Crippen LogP contribution in [-0.4, -0.2) is 23.2 Å². The van der Waals surface area contributed by atoms with Crippen LogP contribution in [0.15, 0.2) is 30.3 Å². The summed E-state index contributed by atoms with van der Waals surface area (Å²) in [4.78, 5) is 11.8. The lowest BCUT2D eigenvalue weighted by Gasteiger charge is -2.19. The summed E-state index contributed by atoms with van der Waals surface area (Å²) in [6, 6.07) is 7.69. The van der Waals surface area contributed by atoms with E-state index in [4.69, 9.17) is 22.7 Å². The molecule has 0 aliphatic heterocycles. The van der Waals surface area contributed by atoms with E-state index in [1.807, 2.05) is 57.2 Å². The molecule has 0 unspecified atom stereocenters. The molecule has 3 N–H and O–H groups in total. The number of thiocarbonyl (C=S) groups is 1. The van der Waals surface area contributed by atoms with Gasteiger partial charge in [0.2, 0.25) is 0 Å². The van der Waals surface area contributed by atoms with Crippen molar-refractivity contribution in [2.75, 3.05) is 6.54 Å². The van der Waals surface area contributed by atoms with E-state index in [1.54, 1.807) is 0 Å². The van der Waals surface area contributed by atoms with Crippen molar-refractivity contribution in [2.24, 2.45) is 5.73 Å². The Morgan fingerprint density at radius 1 is 1.43 bits per heavy atom. The summed E-state index contributed by atoms with van der Waals surface area (Å²) in [5.41, 5.74) is 6.99. The fraction of sp³-hybridized carbons (Fsp3) is 0.375. The fourth-order valence-corrected chi connectivity index (χ4v) is 1.71. The van der Waals surface area contributed by atoms with Gasteiger partial charge in [-0.05, 0) is 38.8 Å². The minimum Gasteiger partial charge on any atom is -0.444 e. The van der Waals surface area contributed by atoms with E-state index in [2.05, 4.69) is 5.32 Å². The molecule has 0 saturated carbocycles. The van der Waals surface area contributed by atoms with Gasteiger partial charge in [-0.15, -0.1) is 0 Å². The summed E-state index contributed by atoms with van der Waals surface area (Å²) in [5, 5.41) is 2.70. The first-order chi connectivity index (χ1) is 9.78. The largest absolute Gasteiger partial charge is 0.444 e. The molecule has 0 aromatic heterocycles. The van der Waals surface area contributed by atoms with Crippen LogP contribution in [0.3, 0.4) is 0 Å². The Kier molecular flexibility index (Phi) is 6.37. The predicted octanol–water partition coefficient (Wildman–Crippen LogP) is 3.25. The van der Waals surface area contributed by atoms with Crippen molar-refractivity contribution in [1.29, 1.82) is 0 Å². The Labute approximate surface area is 131 Å². The summed E-state index contributed by atoms with van der Waals surface area (Å²) in [7, 11) is 0. The lowest BCUT2D eigenvalue weighted by Crippen LogP contribution is -2.32. The number of nitrogens with two attached hydrogens (primary N) is 1. The molecule has 0 aliphatic rings. The predicted molar refractivity (Wildman–Crippen MR) is 90.2 cm³/mol. The third kappa shape index (κ3) is 7.46. The number of hydrogen-bond acceptors (Lipinski definition) is 3. The molecular formula is C16H22N2O2S. The van der Waals surface area contributed by atoms with Gasteiger partial charge >= 0.3 is 6.09 Å². The number of carbonyl (C=O) groups excluding carboxylic acids is 1. The third-order valence-corrected chi connectivity index (χ3v) is 2.70. The molecule has 0 saturated heterocycles. The maximum atomic E-state index is 11.4. The second-order valence-corrected chi connectivity index (χ2v) is 6.05. The molecule has 1 amide bonds. The first kappa shape index (κ1) is 17.2. The van der Waals surface area contributed by atoms with Gasteiger partial charge in [0.1, 0.15) is 10.6 Å². The Hall–Kier alpha value is -1.88. The smallest absolute Gasteiger partial charge is 0.407 e. The molecule has 0 bridgehead atoms. The van der Waals surface area contributed by atoms with Crippen LogP contribution in [-0.2, 0) is 4.74 Å². The number of hydrogen-bond donors (Lipinski definition) is 2. The zero-order chi connectivity index (χ0) is 15.9. The molecule has 114 valence electrons. The zero-order valence-corrected chi connectivity index (χ0v) is 13.5. The van der Waals surface area contributed by atoms with Gasteiger partial charge in [0, 0.05) is 12.1 Å². The van der Waals surface area contributed by atoms with E-state index in [0.717, 1.165) is 17.5 Å². The molecule has 5 heteroatoms. The topological polar surface area (TPSA) is 64.3 Å². The van der Waals surface area contributed by atoms with Crippen LogP contribution in [0.2, 0.25) is 0 Å². The molecule has 0 spiro atoms. The highest BCUT2D eigenvalue weighted by atomic mass is 32.1. The number of rotatable bonds is 5. The Morgan fingerprint density at radius 2 is 2.14 bits per heavy atom. The van der Waals surface area contributed by atoms with Gasteiger partial charge in [0.15, 0.2) is 0 Å². The molecule has 21 heavy (non-hydrogen) atoms. The monoisotopic (exact) mass is 306 g/mol. The van der Waals surface area contributed by atoms with Gasteiger partial charge in [-0.25, -0.2) is 4.79 Å². The van der Waals surface area contributed by atoms with Crippen molar-refractivity contribution < 1.29 is 9.53 Å². The van der Waals surface area contributed by atoms with Crippen LogP contribution in [0.25, 0.3) is 6.08 Å². The van der Waals surface area contributed by atoms with Gasteiger partial charge in [-0.3, -0.25) is 0 Å². The number of benzene rings is 1. The van der Waals surface area contributed by atoms with Crippen molar-refractivity contribution in [3.05, 3.63) is 41.5 Å². The van der Waals surface area contributed by atoms with Gasteiger partial charge < -0.3 is 15.8 Å². The van der Waals surface area contributed by atoms with Gasteiger partial charge in [-0.2, -0.15) is 0 Å². The molecule has 0 aliphatic carbocycles. The average molecular weight is 306 g/mol. The van der Waals surface area contributed by atoms with Crippen LogP contribution in [0.5, 0.6) is 0 Å². The van der Waals surface area contributed by atoms with E-state index < -0.39 is 11.7 Å². The molecule has 1 rings (SSSR count). The summed E-state index contributed by atoms with van der Waals surface area (Å²) in [6.45, 7) is 6.03. The summed E-state index contributed by atoms with van der Waals surface area (Å²) >= 11 is 4.94. The maximum Gasteiger partial charge on any atom is 0.407 e. The SMILES string of the molecule is CC(C)(C)OC(=O)NCCC=Cc1cccc(C(N)=S)c1. The van der Waals surface area contributed by atoms with Crippen molar-refractivity contribution >= 4 is 29.4 Å². The Balaban J connectivity index is 2.37. The minimum atomic E-state index is -0.471. The van der Waals surface area contributed by atoms with Gasteiger partial charge in [-0.1, -0.05) is 42.6 Å². The average Bonchev–Trinajstić information content (AvgIpc) is 2.36. The zero-order valence-electron chi connectivity index (χ0n) is 12.7. The van der Waals surface area contributed by atoms with Crippen molar-refractivity contribution in [2.45, 2.75) is 32.8 Å². The lowest BCUT2D eigenvalue weighted by atomic mass is 10.1. The number of amides is 1. The van der Waals surface area contributed by atoms with Crippen LogP contribution >= 0.6 is 12.2 Å². The molecule has 0 heterocycles. The molecule has 4 nitrogen and oxygen atoms in total. The maximum absolute atomic E-state index is 11.4. The lowest BCUT2D eigenvalue weighted by molar-refractivity contribution is 0.0529. The van der Waals surface area contributed by atoms with Crippen LogP contribution in [0.4, 0.5) is 4.79 Å². The van der Waals surface area contributed by atoms with Crippen molar-refractivity contribution in [3.8, 4) is 0 Å². The second kappa shape index (κ2) is 7.78. The number of carbonyl (C=O) groups is 1. The minimum absolute atomic E-state index is 0.386. The van der Waals surface area contributed by atoms with Gasteiger partial charge in [0.05, 0.1) is 0 Å². The quantitative estimate of drug-likeness (QED) is 0.647. The first-order valence-electron chi connectivity index (χ1n) is 6.81. The number of nitrogens with one attached hydrogen (secondary N) is 1. The Morgan fingerprint density at radius 3 is 2.76 bits per heavy atom.